The van der Waals surface area contributed by atoms with Crippen LogP contribution in [0, 0.1) is 0 Å². The van der Waals surface area contributed by atoms with Crippen LogP contribution in [-0.4, -0.2) is 23.5 Å². The highest BCUT2D eigenvalue weighted by Crippen LogP contribution is 2.30. The molecule has 0 aromatic carbocycles. The molecule has 1 N–H and O–H groups in total. The standard InChI is InChI=1S/C6H11NS2/c1-2-4-8-9-5-3-7-6-9/h2,6-7H,1,3-5H2. The molecule has 0 aliphatic carbocycles. The second kappa shape index (κ2) is 4.14. The topological polar surface area (TPSA) is 12.0 Å². The fraction of sp³-hybridized carbons (Fsp3) is 0.500. The van der Waals surface area contributed by atoms with E-state index in [0.717, 1.165) is 12.3 Å². The van der Waals surface area contributed by atoms with Gasteiger partial charge in [0.05, 0.1) is 0 Å². The van der Waals surface area contributed by atoms with Crippen LogP contribution >= 0.6 is 20.3 Å². The first kappa shape index (κ1) is 7.38. The molecule has 1 aliphatic heterocycles. The number of hydrogen-bond donors (Lipinski definition) is 1. The van der Waals surface area contributed by atoms with Crippen molar-refractivity contribution in [1.29, 1.82) is 0 Å². The largest absolute Gasteiger partial charge is 0.289 e. The first-order valence-corrected chi connectivity index (χ1v) is 5.90. The van der Waals surface area contributed by atoms with Crippen molar-refractivity contribution in [2.75, 3.05) is 18.1 Å². The number of nitrogens with one attached hydrogen (secondary N) is 1. The molecule has 1 nitrogen and oxygen atoms in total. The van der Waals surface area contributed by atoms with Gasteiger partial charge >= 0.3 is 0 Å². The van der Waals surface area contributed by atoms with Crippen molar-refractivity contribution in [3.05, 3.63) is 12.7 Å². The summed E-state index contributed by atoms with van der Waals surface area (Å²) in [6.45, 7) is 4.83. The van der Waals surface area contributed by atoms with E-state index >= 15 is 0 Å². The van der Waals surface area contributed by atoms with Gasteiger partial charge in [-0.2, -0.15) is 0 Å². The maximum Gasteiger partial charge on any atom is 0.0210 e. The van der Waals surface area contributed by atoms with Crippen molar-refractivity contribution in [2.45, 2.75) is 0 Å². The lowest BCUT2D eigenvalue weighted by atomic mass is 10.8. The molecule has 0 aromatic heterocycles. The fourth-order valence-electron chi connectivity index (χ4n) is 0.599. The van der Waals surface area contributed by atoms with Crippen molar-refractivity contribution >= 4 is 25.8 Å². The van der Waals surface area contributed by atoms with Crippen molar-refractivity contribution in [3.8, 4) is 0 Å². The van der Waals surface area contributed by atoms with E-state index in [9.17, 15) is 0 Å². The molecule has 1 unspecified atom stereocenters. The van der Waals surface area contributed by atoms with Gasteiger partial charge in [0, 0.05) is 23.5 Å². The Hall–Kier alpha value is 0.270. The molecule has 0 spiro atoms. The molecule has 1 atom stereocenters. The predicted octanol–water partition coefficient (Wildman–Crippen LogP) is 1.45. The van der Waals surface area contributed by atoms with Gasteiger partial charge in [-0.25, -0.2) is 0 Å². The van der Waals surface area contributed by atoms with E-state index < -0.39 is 0 Å². The van der Waals surface area contributed by atoms with Crippen LogP contribution in [0.2, 0.25) is 0 Å². The summed E-state index contributed by atoms with van der Waals surface area (Å²) in [5.41, 5.74) is 2.20. The van der Waals surface area contributed by atoms with E-state index in [4.69, 9.17) is 0 Å². The molecule has 9 heavy (non-hydrogen) atoms. The van der Waals surface area contributed by atoms with Crippen LogP contribution in [0.25, 0.3) is 0 Å². The van der Waals surface area contributed by atoms with E-state index in [-0.39, 0.29) is 0 Å². The van der Waals surface area contributed by atoms with Crippen molar-refractivity contribution in [1.82, 2.24) is 5.32 Å². The first-order valence-electron chi connectivity index (χ1n) is 2.94. The Morgan fingerprint density at radius 3 is 3.33 bits per heavy atom. The molecule has 0 bridgehead atoms. The zero-order chi connectivity index (χ0) is 6.53. The summed E-state index contributed by atoms with van der Waals surface area (Å²) < 4.78 is 0. The van der Waals surface area contributed by atoms with Gasteiger partial charge in [-0.15, -0.1) is 16.1 Å². The molecule has 0 aromatic rings. The monoisotopic (exact) mass is 161 g/mol. The van der Waals surface area contributed by atoms with Crippen molar-refractivity contribution in [3.63, 3.8) is 0 Å². The molecule has 0 saturated carbocycles. The molecule has 0 saturated heterocycles. The summed E-state index contributed by atoms with van der Waals surface area (Å²) in [6.07, 6.45) is 1.96. The van der Waals surface area contributed by atoms with Crippen molar-refractivity contribution < 1.29 is 0 Å². The molecule has 0 fully saturated rings. The average molecular weight is 161 g/mol. The zero-order valence-corrected chi connectivity index (χ0v) is 6.93. The van der Waals surface area contributed by atoms with Crippen molar-refractivity contribution in [2.24, 2.45) is 0 Å². The fourth-order valence-corrected chi connectivity index (χ4v) is 3.62. The van der Waals surface area contributed by atoms with Gasteiger partial charge < -0.3 is 0 Å². The number of rotatable bonds is 3. The molecule has 1 aliphatic rings. The third kappa shape index (κ3) is 2.56. The second-order valence-electron chi connectivity index (χ2n) is 1.73. The Balaban J connectivity index is 2.18. The van der Waals surface area contributed by atoms with Gasteiger partial charge in [-0.05, 0) is 0 Å². The lowest BCUT2D eigenvalue weighted by molar-refractivity contribution is 1.03. The predicted molar refractivity (Wildman–Crippen MR) is 49.2 cm³/mol. The molecule has 52 valence electrons. The molecule has 0 radical (unpaired) electrons. The minimum absolute atomic E-state index is 0.482. The maximum absolute atomic E-state index is 3.67. The zero-order valence-electron chi connectivity index (χ0n) is 5.30. The van der Waals surface area contributed by atoms with E-state index in [1.54, 1.807) is 0 Å². The van der Waals surface area contributed by atoms with Crippen LogP contribution < -0.4 is 5.32 Å². The van der Waals surface area contributed by atoms with Gasteiger partial charge in [-0.3, -0.25) is 5.32 Å². The smallest absolute Gasteiger partial charge is 0.0210 e. The van der Waals surface area contributed by atoms with Crippen LogP contribution in [0.4, 0.5) is 0 Å². The Kier molecular flexibility index (Phi) is 3.40. The SMILES string of the molecule is C=CCSS1=CNCC1. The summed E-state index contributed by atoms with van der Waals surface area (Å²) in [6, 6.07) is 0. The lowest BCUT2D eigenvalue weighted by Crippen LogP contribution is -2.04. The van der Waals surface area contributed by atoms with Gasteiger partial charge in [-0.1, -0.05) is 16.9 Å². The van der Waals surface area contributed by atoms with E-state index in [1.165, 1.54) is 5.75 Å². The molecule has 0 amide bonds. The first-order chi connectivity index (χ1) is 4.43. The minimum Gasteiger partial charge on any atom is -0.289 e. The van der Waals surface area contributed by atoms with Gasteiger partial charge in [0.15, 0.2) is 0 Å². The van der Waals surface area contributed by atoms with Crippen LogP contribution in [0.1, 0.15) is 0 Å². The third-order valence-electron chi connectivity index (χ3n) is 1.000. The second-order valence-corrected chi connectivity index (χ2v) is 5.70. The van der Waals surface area contributed by atoms with Gasteiger partial charge in [0.25, 0.3) is 0 Å². The number of hydrogen-bond acceptors (Lipinski definition) is 2. The minimum atomic E-state index is 0.482. The molecule has 1 heterocycles. The van der Waals surface area contributed by atoms with E-state index in [0.29, 0.717) is 9.52 Å². The highest BCUT2D eigenvalue weighted by Gasteiger charge is 1.99. The summed E-state index contributed by atoms with van der Waals surface area (Å²) in [5.74, 6) is 2.39. The Labute approximate surface area is 62.2 Å². The third-order valence-corrected chi connectivity index (χ3v) is 4.82. The van der Waals surface area contributed by atoms with Gasteiger partial charge in [0.2, 0.25) is 0 Å². The van der Waals surface area contributed by atoms with Crippen LogP contribution in [0.3, 0.4) is 0 Å². The quantitative estimate of drug-likeness (QED) is 0.382. The Morgan fingerprint density at radius 2 is 2.78 bits per heavy atom. The summed E-state index contributed by atoms with van der Waals surface area (Å²) >= 11 is 0. The maximum atomic E-state index is 3.67. The van der Waals surface area contributed by atoms with Crippen LogP contribution in [0.5, 0.6) is 0 Å². The van der Waals surface area contributed by atoms with E-state index in [1.807, 2.05) is 16.9 Å². The van der Waals surface area contributed by atoms with Gasteiger partial charge in [0.1, 0.15) is 0 Å². The lowest BCUT2D eigenvalue weighted by Gasteiger charge is -1.95. The Morgan fingerprint density at radius 1 is 1.89 bits per heavy atom. The van der Waals surface area contributed by atoms with Crippen LogP contribution in [0.15, 0.2) is 12.7 Å². The molecule has 3 heteroatoms. The molecular formula is C6H11NS2. The molecule has 1 rings (SSSR count). The highest BCUT2D eigenvalue weighted by atomic mass is 33.1. The average Bonchev–Trinajstić information content (AvgIpc) is 2.34. The normalized spacial score (nSPS) is 25.6. The molecular weight excluding hydrogens is 150 g/mol. The Bertz CT molecular complexity index is 131. The summed E-state index contributed by atoms with van der Waals surface area (Å²) in [7, 11) is 2.46. The highest BCUT2D eigenvalue weighted by molar-refractivity contribution is 8.83. The summed E-state index contributed by atoms with van der Waals surface area (Å²) in [5, 5.41) is 3.21. The van der Waals surface area contributed by atoms with E-state index in [2.05, 4.69) is 17.4 Å². The van der Waals surface area contributed by atoms with Crippen LogP contribution in [-0.2, 0) is 0 Å². The summed E-state index contributed by atoms with van der Waals surface area (Å²) in [4.78, 5) is 0.